The van der Waals surface area contributed by atoms with Crippen LogP contribution >= 0.6 is 0 Å². The molecule has 0 aliphatic carbocycles. The van der Waals surface area contributed by atoms with Crippen molar-refractivity contribution < 1.29 is 22.9 Å². The van der Waals surface area contributed by atoms with Crippen molar-refractivity contribution in [1.82, 2.24) is 4.90 Å². The molecule has 0 aliphatic heterocycles. The zero-order valence-electron chi connectivity index (χ0n) is 14.1. The molecule has 0 saturated carbocycles. The number of nitrogens with one attached hydrogen (secondary N) is 1. The molecule has 0 saturated heterocycles. The van der Waals surface area contributed by atoms with E-state index in [9.17, 15) is 23.3 Å². The molecular formula is C16H17N3O6S. The van der Waals surface area contributed by atoms with Crippen LogP contribution in [0.2, 0.25) is 0 Å². The first-order valence-corrected chi connectivity index (χ1v) is 8.87. The minimum atomic E-state index is -3.92. The Labute approximate surface area is 150 Å². The predicted octanol–water partition coefficient (Wildman–Crippen LogP) is 1.86. The topological polar surface area (TPSA) is 119 Å². The number of nitro groups is 1. The molecule has 1 amide bonds. The van der Waals surface area contributed by atoms with E-state index in [1.807, 2.05) is 0 Å². The summed E-state index contributed by atoms with van der Waals surface area (Å²) < 4.78 is 32.3. The number of amides is 1. The number of likely N-dealkylation sites (N-methyl/N-ethyl adjacent to an activating group) is 1. The molecule has 0 bridgehead atoms. The molecule has 0 aromatic heterocycles. The Hall–Kier alpha value is -3.14. The highest BCUT2D eigenvalue weighted by Crippen LogP contribution is 2.22. The molecule has 0 spiro atoms. The summed E-state index contributed by atoms with van der Waals surface area (Å²) in [6.07, 6.45) is 0. The van der Waals surface area contributed by atoms with Crippen molar-refractivity contribution in [3.63, 3.8) is 0 Å². The Morgan fingerprint density at radius 2 is 1.85 bits per heavy atom. The Morgan fingerprint density at radius 1 is 1.19 bits per heavy atom. The lowest BCUT2D eigenvalue weighted by Crippen LogP contribution is -2.27. The van der Waals surface area contributed by atoms with Crippen LogP contribution in [0.1, 0.15) is 0 Å². The highest BCUT2D eigenvalue weighted by atomic mass is 32.2. The first-order chi connectivity index (χ1) is 12.2. The first-order valence-electron chi connectivity index (χ1n) is 7.39. The Balaban J connectivity index is 2.10. The van der Waals surface area contributed by atoms with E-state index in [4.69, 9.17) is 4.74 Å². The molecule has 1 N–H and O–H groups in total. The quantitative estimate of drug-likeness (QED) is 0.579. The molecule has 9 nitrogen and oxygen atoms in total. The summed E-state index contributed by atoms with van der Waals surface area (Å²) in [4.78, 5) is 23.0. The molecule has 2 aromatic carbocycles. The standard InChI is InChI=1S/C16H17N3O6S/c1-18(2)16(20)11-25-14-6-8-15(9-7-14)26(23,24)17-12-4-3-5-13(10-12)19(21)22/h3-10,17H,11H2,1-2H3. The normalized spacial score (nSPS) is 10.8. The van der Waals surface area contributed by atoms with Crippen molar-refractivity contribution in [2.75, 3.05) is 25.4 Å². The van der Waals surface area contributed by atoms with Crippen LogP contribution in [-0.2, 0) is 14.8 Å². The molecule has 138 valence electrons. The predicted molar refractivity (Wildman–Crippen MR) is 94.5 cm³/mol. The number of anilines is 1. The average molecular weight is 379 g/mol. The van der Waals surface area contributed by atoms with Crippen molar-refractivity contribution in [3.8, 4) is 5.75 Å². The van der Waals surface area contributed by atoms with Crippen molar-refractivity contribution in [1.29, 1.82) is 0 Å². The van der Waals surface area contributed by atoms with Gasteiger partial charge in [-0.1, -0.05) is 6.07 Å². The Kier molecular flexibility index (Phi) is 5.78. The minimum Gasteiger partial charge on any atom is -0.484 e. The number of carbonyl (C=O) groups excluding carboxylic acids is 1. The number of benzene rings is 2. The second-order valence-electron chi connectivity index (χ2n) is 5.46. The molecule has 0 heterocycles. The largest absolute Gasteiger partial charge is 0.484 e. The zero-order chi connectivity index (χ0) is 19.3. The maximum Gasteiger partial charge on any atom is 0.271 e. The maximum absolute atomic E-state index is 12.4. The van der Waals surface area contributed by atoms with Gasteiger partial charge in [-0.2, -0.15) is 0 Å². The molecule has 26 heavy (non-hydrogen) atoms. The monoisotopic (exact) mass is 379 g/mol. The third-order valence-corrected chi connectivity index (χ3v) is 4.70. The van der Waals surface area contributed by atoms with E-state index in [1.54, 1.807) is 14.1 Å². The van der Waals surface area contributed by atoms with Crippen molar-refractivity contribution in [2.24, 2.45) is 0 Å². The summed E-state index contributed by atoms with van der Waals surface area (Å²) in [5, 5.41) is 10.8. The SMILES string of the molecule is CN(C)C(=O)COc1ccc(S(=O)(=O)Nc2cccc([N+](=O)[O-])c2)cc1. The number of ether oxygens (including phenoxy) is 1. The van der Waals surface area contributed by atoms with Gasteiger partial charge in [0.1, 0.15) is 5.75 Å². The number of nitro benzene ring substituents is 1. The number of rotatable bonds is 7. The van der Waals surface area contributed by atoms with E-state index < -0.39 is 14.9 Å². The van der Waals surface area contributed by atoms with Crippen LogP contribution in [0.5, 0.6) is 5.75 Å². The van der Waals surface area contributed by atoms with E-state index in [-0.39, 0.29) is 28.8 Å². The fourth-order valence-electron chi connectivity index (χ4n) is 1.89. The first kappa shape index (κ1) is 19.2. The summed E-state index contributed by atoms with van der Waals surface area (Å²) >= 11 is 0. The fraction of sp³-hybridized carbons (Fsp3) is 0.188. The fourth-order valence-corrected chi connectivity index (χ4v) is 2.94. The number of nitrogens with zero attached hydrogens (tertiary/aromatic N) is 2. The third-order valence-electron chi connectivity index (χ3n) is 3.30. The van der Waals surface area contributed by atoms with Gasteiger partial charge in [0.05, 0.1) is 15.5 Å². The number of hydrogen-bond acceptors (Lipinski definition) is 6. The van der Waals surface area contributed by atoms with Gasteiger partial charge in [-0.25, -0.2) is 8.42 Å². The van der Waals surface area contributed by atoms with Crippen molar-refractivity contribution in [2.45, 2.75) is 4.90 Å². The van der Waals surface area contributed by atoms with Crippen LogP contribution in [0.4, 0.5) is 11.4 Å². The summed E-state index contributed by atoms with van der Waals surface area (Å²) in [6.45, 7) is -0.162. The summed E-state index contributed by atoms with van der Waals surface area (Å²) in [5.41, 5.74) is -0.143. The van der Waals surface area contributed by atoms with Gasteiger partial charge in [0, 0.05) is 26.2 Å². The number of carbonyl (C=O) groups is 1. The second-order valence-corrected chi connectivity index (χ2v) is 7.14. The van der Waals surface area contributed by atoms with E-state index >= 15 is 0 Å². The van der Waals surface area contributed by atoms with Crippen LogP contribution in [0, 0.1) is 10.1 Å². The molecule has 2 rings (SSSR count). The van der Waals surface area contributed by atoms with E-state index in [0.29, 0.717) is 5.75 Å². The lowest BCUT2D eigenvalue weighted by Gasteiger charge is -2.12. The van der Waals surface area contributed by atoms with Crippen LogP contribution in [-0.4, -0.2) is 44.9 Å². The van der Waals surface area contributed by atoms with Gasteiger partial charge < -0.3 is 9.64 Å². The lowest BCUT2D eigenvalue weighted by molar-refractivity contribution is -0.384. The molecular weight excluding hydrogens is 362 g/mol. The van der Waals surface area contributed by atoms with Gasteiger partial charge in [0.25, 0.3) is 21.6 Å². The molecule has 2 aromatic rings. The minimum absolute atomic E-state index is 0.0460. The van der Waals surface area contributed by atoms with Crippen LogP contribution < -0.4 is 9.46 Å². The highest BCUT2D eigenvalue weighted by molar-refractivity contribution is 7.92. The number of hydrogen-bond donors (Lipinski definition) is 1. The molecule has 10 heteroatoms. The summed E-state index contributed by atoms with van der Waals surface area (Å²) in [6, 6.07) is 10.7. The average Bonchev–Trinajstić information content (AvgIpc) is 2.59. The smallest absolute Gasteiger partial charge is 0.271 e. The summed E-state index contributed by atoms with van der Waals surface area (Å²) in [5.74, 6) is 0.114. The molecule has 0 radical (unpaired) electrons. The molecule has 0 unspecified atom stereocenters. The Bertz CT molecular complexity index is 910. The van der Waals surface area contributed by atoms with E-state index in [0.717, 1.165) is 6.07 Å². The van der Waals surface area contributed by atoms with E-state index in [2.05, 4.69) is 4.72 Å². The van der Waals surface area contributed by atoms with Crippen LogP contribution in [0.25, 0.3) is 0 Å². The zero-order valence-corrected chi connectivity index (χ0v) is 14.9. The number of sulfonamides is 1. The summed E-state index contributed by atoms with van der Waals surface area (Å²) in [7, 11) is -0.724. The van der Waals surface area contributed by atoms with Crippen molar-refractivity contribution in [3.05, 3.63) is 58.6 Å². The highest BCUT2D eigenvalue weighted by Gasteiger charge is 2.16. The van der Waals surface area contributed by atoms with Gasteiger partial charge in [-0.15, -0.1) is 0 Å². The molecule has 0 fully saturated rings. The van der Waals surface area contributed by atoms with Gasteiger partial charge in [-0.05, 0) is 30.3 Å². The lowest BCUT2D eigenvalue weighted by atomic mass is 10.3. The van der Waals surface area contributed by atoms with Crippen LogP contribution in [0.3, 0.4) is 0 Å². The van der Waals surface area contributed by atoms with Crippen molar-refractivity contribution >= 4 is 27.3 Å². The van der Waals surface area contributed by atoms with Crippen LogP contribution in [0.15, 0.2) is 53.4 Å². The second kappa shape index (κ2) is 7.83. The van der Waals surface area contributed by atoms with Gasteiger partial charge in [-0.3, -0.25) is 19.6 Å². The Morgan fingerprint density at radius 3 is 2.42 bits per heavy atom. The number of non-ortho nitro benzene ring substituents is 1. The maximum atomic E-state index is 12.4. The van der Waals surface area contributed by atoms with Gasteiger partial charge >= 0.3 is 0 Å². The van der Waals surface area contributed by atoms with E-state index in [1.165, 1.54) is 47.4 Å². The molecule has 0 aliphatic rings. The molecule has 0 atom stereocenters. The third kappa shape index (κ3) is 4.93. The van der Waals surface area contributed by atoms with Gasteiger partial charge in [0.2, 0.25) is 0 Å². The van der Waals surface area contributed by atoms with Gasteiger partial charge in [0.15, 0.2) is 6.61 Å².